The number of nitrogens with one attached hydrogen (secondary N) is 1. The molecular formula is C18H18INO3. The second kappa shape index (κ2) is 8.10. The number of ketones is 1. The lowest BCUT2D eigenvalue weighted by molar-refractivity contribution is -0.116. The number of Topliss-reactive ketones (excluding diaryl/α,β-unsaturated/α-hetero) is 1. The van der Waals surface area contributed by atoms with Gasteiger partial charge in [0, 0.05) is 14.8 Å². The molecule has 0 unspecified atom stereocenters. The Morgan fingerprint density at radius 1 is 1.13 bits per heavy atom. The molecule has 0 fully saturated rings. The largest absolute Gasteiger partial charge is 0.493 e. The van der Waals surface area contributed by atoms with Crippen molar-refractivity contribution in [1.29, 1.82) is 0 Å². The van der Waals surface area contributed by atoms with Gasteiger partial charge in [0.25, 0.3) is 0 Å². The van der Waals surface area contributed by atoms with E-state index in [9.17, 15) is 9.59 Å². The van der Waals surface area contributed by atoms with Gasteiger partial charge >= 0.3 is 0 Å². The van der Waals surface area contributed by atoms with Gasteiger partial charge in [0.05, 0.1) is 13.0 Å². The minimum absolute atomic E-state index is 0.0174. The van der Waals surface area contributed by atoms with Crippen LogP contribution in [0.5, 0.6) is 5.75 Å². The Balaban J connectivity index is 1.81. The minimum Gasteiger partial charge on any atom is -0.493 e. The molecule has 0 atom stereocenters. The van der Waals surface area contributed by atoms with Crippen LogP contribution in [-0.4, -0.2) is 18.3 Å². The topological polar surface area (TPSA) is 55.4 Å². The summed E-state index contributed by atoms with van der Waals surface area (Å²) in [4.78, 5) is 23.1. The molecule has 4 nitrogen and oxygen atoms in total. The van der Waals surface area contributed by atoms with E-state index >= 15 is 0 Å². The van der Waals surface area contributed by atoms with Crippen LogP contribution in [0, 0.1) is 10.5 Å². The number of rotatable bonds is 6. The number of carbonyl (C=O) groups excluding carboxylic acids is 2. The molecule has 0 radical (unpaired) electrons. The molecule has 0 bridgehead atoms. The van der Waals surface area contributed by atoms with Crippen LogP contribution in [0.25, 0.3) is 0 Å². The summed E-state index contributed by atoms with van der Waals surface area (Å²) >= 11 is 2.24. The summed E-state index contributed by atoms with van der Waals surface area (Å²) in [6, 6.07) is 12.8. The van der Waals surface area contributed by atoms with Gasteiger partial charge in [-0.2, -0.15) is 0 Å². The Morgan fingerprint density at radius 2 is 1.83 bits per heavy atom. The van der Waals surface area contributed by atoms with Gasteiger partial charge in [0.2, 0.25) is 5.91 Å². The van der Waals surface area contributed by atoms with Crippen molar-refractivity contribution in [2.45, 2.75) is 20.3 Å². The van der Waals surface area contributed by atoms with E-state index in [1.165, 1.54) is 6.92 Å². The van der Waals surface area contributed by atoms with E-state index in [2.05, 4.69) is 27.9 Å². The lowest BCUT2D eigenvalue weighted by Crippen LogP contribution is -2.15. The molecule has 2 aromatic carbocycles. The number of aryl methyl sites for hydroxylation is 1. The number of hydrogen-bond acceptors (Lipinski definition) is 3. The van der Waals surface area contributed by atoms with Crippen LogP contribution < -0.4 is 10.1 Å². The van der Waals surface area contributed by atoms with Gasteiger partial charge in [-0.15, -0.1) is 0 Å². The van der Waals surface area contributed by atoms with Crippen LogP contribution in [0.2, 0.25) is 0 Å². The lowest BCUT2D eigenvalue weighted by atomic mass is 10.1. The standard InChI is InChI=1S/C18H18INO3/c1-12-11-15(19)5-8-17(12)20-18(22)9-10-23-16-6-3-14(4-7-16)13(2)21/h3-8,11H,9-10H2,1-2H3,(H,20,22). The van der Waals surface area contributed by atoms with Crippen molar-refractivity contribution in [3.63, 3.8) is 0 Å². The SMILES string of the molecule is CC(=O)c1ccc(OCCC(=O)Nc2ccc(I)cc2C)cc1. The Labute approximate surface area is 149 Å². The van der Waals surface area contributed by atoms with Gasteiger partial charge in [-0.1, -0.05) is 0 Å². The highest BCUT2D eigenvalue weighted by molar-refractivity contribution is 14.1. The summed E-state index contributed by atoms with van der Waals surface area (Å²) in [5.74, 6) is 0.576. The van der Waals surface area contributed by atoms with Crippen LogP contribution in [0.15, 0.2) is 42.5 Å². The summed E-state index contributed by atoms with van der Waals surface area (Å²) in [7, 11) is 0. The highest BCUT2D eigenvalue weighted by atomic mass is 127. The molecule has 5 heteroatoms. The van der Waals surface area contributed by atoms with Gasteiger partial charge < -0.3 is 10.1 Å². The summed E-state index contributed by atoms with van der Waals surface area (Å²) < 4.78 is 6.66. The molecule has 23 heavy (non-hydrogen) atoms. The fourth-order valence-electron chi connectivity index (χ4n) is 2.03. The molecule has 1 amide bonds. The fraction of sp³-hybridized carbons (Fsp3) is 0.222. The zero-order chi connectivity index (χ0) is 16.8. The zero-order valence-corrected chi connectivity index (χ0v) is 15.2. The van der Waals surface area contributed by atoms with E-state index < -0.39 is 0 Å². The molecule has 120 valence electrons. The number of benzene rings is 2. The van der Waals surface area contributed by atoms with E-state index in [0.717, 1.165) is 14.8 Å². The molecule has 0 spiro atoms. The maximum absolute atomic E-state index is 11.9. The van der Waals surface area contributed by atoms with E-state index in [0.29, 0.717) is 11.3 Å². The zero-order valence-electron chi connectivity index (χ0n) is 13.1. The van der Waals surface area contributed by atoms with Gasteiger partial charge in [-0.25, -0.2) is 0 Å². The maximum atomic E-state index is 11.9. The lowest BCUT2D eigenvalue weighted by Gasteiger charge is -2.10. The van der Waals surface area contributed by atoms with Crippen molar-refractivity contribution in [3.05, 3.63) is 57.2 Å². The summed E-state index contributed by atoms with van der Waals surface area (Å²) in [5, 5.41) is 2.88. The van der Waals surface area contributed by atoms with E-state index in [-0.39, 0.29) is 24.7 Å². The van der Waals surface area contributed by atoms with E-state index in [4.69, 9.17) is 4.74 Å². The molecule has 0 aliphatic heterocycles. The Kier molecular flexibility index (Phi) is 6.15. The normalized spacial score (nSPS) is 10.2. The molecule has 2 rings (SSSR count). The predicted molar refractivity (Wildman–Crippen MR) is 99.1 cm³/mol. The van der Waals surface area contributed by atoms with Gasteiger partial charge in [-0.05, 0) is 84.5 Å². The number of amides is 1. The first-order valence-electron chi connectivity index (χ1n) is 7.25. The van der Waals surface area contributed by atoms with Gasteiger partial charge in [0.15, 0.2) is 5.78 Å². The fourth-order valence-corrected chi connectivity index (χ4v) is 2.67. The first-order chi connectivity index (χ1) is 11.0. The smallest absolute Gasteiger partial charge is 0.227 e. The molecule has 0 aromatic heterocycles. The third-order valence-electron chi connectivity index (χ3n) is 3.32. The average Bonchev–Trinajstić information content (AvgIpc) is 2.50. The van der Waals surface area contributed by atoms with Crippen molar-refractivity contribution >= 4 is 40.0 Å². The first kappa shape index (κ1) is 17.5. The van der Waals surface area contributed by atoms with E-state index in [1.54, 1.807) is 24.3 Å². The number of anilines is 1. The molecule has 0 aliphatic rings. The number of halogens is 1. The van der Waals surface area contributed by atoms with E-state index in [1.807, 2.05) is 25.1 Å². The monoisotopic (exact) mass is 423 g/mol. The van der Waals surface area contributed by atoms with Crippen LogP contribution >= 0.6 is 22.6 Å². The maximum Gasteiger partial charge on any atom is 0.227 e. The predicted octanol–water partition coefficient (Wildman–Crippen LogP) is 4.21. The molecule has 2 aromatic rings. The van der Waals surface area contributed by atoms with Crippen molar-refractivity contribution in [3.8, 4) is 5.75 Å². The van der Waals surface area contributed by atoms with Crippen molar-refractivity contribution in [2.75, 3.05) is 11.9 Å². The first-order valence-corrected chi connectivity index (χ1v) is 8.33. The van der Waals surface area contributed by atoms with Gasteiger partial charge in [-0.3, -0.25) is 9.59 Å². The third kappa shape index (κ3) is 5.35. The Morgan fingerprint density at radius 3 is 2.43 bits per heavy atom. The van der Waals surface area contributed by atoms with Crippen LogP contribution in [0.3, 0.4) is 0 Å². The average molecular weight is 423 g/mol. The Hall–Kier alpha value is -1.89. The molecular weight excluding hydrogens is 405 g/mol. The van der Waals surface area contributed by atoms with Crippen molar-refractivity contribution in [1.82, 2.24) is 0 Å². The molecule has 1 N–H and O–H groups in total. The number of hydrogen-bond donors (Lipinski definition) is 1. The molecule has 0 heterocycles. The van der Waals surface area contributed by atoms with Crippen LogP contribution in [0.4, 0.5) is 5.69 Å². The molecule has 0 aliphatic carbocycles. The van der Waals surface area contributed by atoms with Crippen molar-refractivity contribution in [2.24, 2.45) is 0 Å². The number of ether oxygens (including phenoxy) is 1. The highest BCUT2D eigenvalue weighted by Gasteiger charge is 2.06. The molecule has 0 saturated carbocycles. The molecule has 0 saturated heterocycles. The minimum atomic E-state index is -0.0883. The quantitative estimate of drug-likeness (QED) is 0.560. The third-order valence-corrected chi connectivity index (χ3v) is 3.99. The van der Waals surface area contributed by atoms with Crippen molar-refractivity contribution < 1.29 is 14.3 Å². The number of carbonyl (C=O) groups is 2. The second-order valence-corrected chi connectivity index (χ2v) is 6.43. The Bertz CT molecular complexity index is 711. The van der Waals surface area contributed by atoms with Gasteiger partial charge in [0.1, 0.15) is 5.75 Å². The summed E-state index contributed by atoms with van der Waals surface area (Å²) in [5.41, 5.74) is 2.50. The highest BCUT2D eigenvalue weighted by Crippen LogP contribution is 2.18. The van der Waals surface area contributed by atoms with Crippen LogP contribution in [-0.2, 0) is 4.79 Å². The summed E-state index contributed by atoms with van der Waals surface area (Å²) in [6.45, 7) is 3.77. The second-order valence-electron chi connectivity index (χ2n) is 5.19. The summed E-state index contributed by atoms with van der Waals surface area (Å²) in [6.07, 6.45) is 0.264. The van der Waals surface area contributed by atoms with Crippen LogP contribution in [0.1, 0.15) is 29.3 Å².